The standard InChI is InChI=1S/C14H21ClN2O3/c1-4-6-16-9-11(15)8-12(16)14(19)17(7-5-2)10-13(18)20-3/h8-9H,4-7,10H2,1-3H3. The number of carbonyl (C=O) groups is 2. The van der Waals surface area contributed by atoms with Crippen molar-refractivity contribution in [3.8, 4) is 0 Å². The first kappa shape index (κ1) is 16.6. The number of methoxy groups -OCH3 is 1. The summed E-state index contributed by atoms with van der Waals surface area (Å²) in [5.74, 6) is -0.621. The van der Waals surface area contributed by atoms with Crippen molar-refractivity contribution in [3.05, 3.63) is 23.0 Å². The summed E-state index contributed by atoms with van der Waals surface area (Å²) in [6.07, 6.45) is 3.40. The zero-order chi connectivity index (χ0) is 15.1. The predicted molar refractivity (Wildman–Crippen MR) is 77.9 cm³/mol. The van der Waals surface area contributed by atoms with Gasteiger partial charge in [-0.25, -0.2) is 0 Å². The third-order valence-electron chi connectivity index (χ3n) is 2.88. The molecule has 5 nitrogen and oxygen atoms in total. The highest BCUT2D eigenvalue weighted by molar-refractivity contribution is 6.31. The predicted octanol–water partition coefficient (Wildman–Crippen LogP) is 2.58. The Balaban J connectivity index is 2.96. The van der Waals surface area contributed by atoms with Crippen molar-refractivity contribution in [1.29, 1.82) is 0 Å². The van der Waals surface area contributed by atoms with Crippen molar-refractivity contribution in [1.82, 2.24) is 9.47 Å². The Bertz CT molecular complexity index is 471. The number of hydrogen-bond donors (Lipinski definition) is 0. The fraction of sp³-hybridized carbons (Fsp3) is 0.571. The third kappa shape index (κ3) is 4.27. The van der Waals surface area contributed by atoms with Crippen molar-refractivity contribution in [3.63, 3.8) is 0 Å². The molecule has 0 aliphatic carbocycles. The van der Waals surface area contributed by atoms with Gasteiger partial charge in [0.2, 0.25) is 0 Å². The molecule has 6 heteroatoms. The Morgan fingerprint density at radius 3 is 2.60 bits per heavy atom. The highest BCUT2D eigenvalue weighted by Gasteiger charge is 2.21. The highest BCUT2D eigenvalue weighted by Crippen LogP contribution is 2.17. The molecule has 1 aromatic heterocycles. The van der Waals surface area contributed by atoms with E-state index in [9.17, 15) is 9.59 Å². The van der Waals surface area contributed by atoms with Crippen LogP contribution < -0.4 is 0 Å². The maximum absolute atomic E-state index is 12.5. The van der Waals surface area contributed by atoms with E-state index in [1.807, 2.05) is 18.4 Å². The molecule has 0 radical (unpaired) electrons. The van der Waals surface area contributed by atoms with Gasteiger partial charge in [0.15, 0.2) is 0 Å². The Morgan fingerprint density at radius 1 is 1.35 bits per heavy atom. The van der Waals surface area contributed by atoms with Crippen LogP contribution in [0.1, 0.15) is 37.2 Å². The quantitative estimate of drug-likeness (QED) is 0.727. The summed E-state index contributed by atoms with van der Waals surface area (Å²) < 4.78 is 6.45. The van der Waals surface area contributed by atoms with Crippen LogP contribution in [0, 0.1) is 0 Å². The van der Waals surface area contributed by atoms with Crippen LogP contribution in [0.5, 0.6) is 0 Å². The normalized spacial score (nSPS) is 10.4. The Hall–Kier alpha value is -1.49. The Kier molecular flexibility index (Phi) is 6.58. The number of carbonyl (C=O) groups excluding carboxylic acids is 2. The van der Waals surface area contributed by atoms with Gasteiger partial charge in [-0.05, 0) is 18.9 Å². The molecule has 1 rings (SSSR count). The van der Waals surface area contributed by atoms with Crippen molar-refractivity contribution in [2.75, 3.05) is 20.2 Å². The van der Waals surface area contributed by atoms with Crippen LogP contribution >= 0.6 is 11.6 Å². The molecular formula is C14H21ClN2O3. The Morgan fingerprint density at radius 2 is 2.05 bits per heavy atom. The molecule has 0 spiro atoms. The first-order valence-electron chi connectivity index (χ1n) is 6.75. The molecule has 0 aliphatic heterocycles. The van der Waals surface area contributed by atoms with Crippen LogP contribution in [0.2, 0.25) is 5.02 Å². The minimum absolute atomic E-state index is 0.0436. The number of amides is 1. The van der Waals surface area contributed by atoms with Gasteiger partial charge >= 0.3 is 5.97 Å². The van der Waals surface area contributed by atoms with E-state index in [1.165, 1.54) is 12.0 Å². The van der Waals surface area contributed by atoms with E-state index in [1.54, 1.807) is 12.3 Å². The third-order valence-corrected chi connectivity index (χ3v) is 3.08. The monoisotopic (exact) mass is 300 g/mol. The Labute approximate surface area is 124 Å². The van der Waals surface area contributed by atoms with Crippen LogP contribution in [-0.4, -0.2) is 41.5 Å². The van der Waals surface area contributed by atoms with E-state index in [0.717, 1.165) is 12.8 Å². The molecule has 0 saturated heterocycles. The molecule has 0 aliphatic rings. The highest BCUT2D eigenvalue weighted by atomic mass is 35.5. The average Bonchev–Trinajstić information content (AvgIpc) is 2.78. The summed E-state index contributed by atoms with van der Waals surface area (Å²) >= 11 is 5.98. The lowest BCUT2D eigenvalue weighted by Crippen LogP contribution is -2.37. The van der Waals surface area contributed by atoms with E-state index in [4.69, 9.17) is 11.6 Å². The van der Waals surface area contributed by atoms with E-state index >= 15 is 0 Å². The van der Waals surface area contributed by atoms with E-state index in [2.05, 4.69) is 4.74 Å². The van der Waals surface area contributed by atoms with Crippen LogP contribution in [0.25, 0.3) is 0 Å². The van der Waals surface area contributed by atoms with Crippen LogP contribution in [0.3, 0.4) is 0 Å². The second kappa shape index (κ2) is 7.94. The zero-order valence-electron chi connectivity index (χ0n) is 12.2. The smallest absolute Gasteiger partial charge is 0.325 e. The maximum Gasteiger partial charge on any atom is 0.325 e. The molecule has 0 aromatic carbocycles. The summed E-state index contributed by atoms with van der Waals surface area (Å²) in [4.78, 5) is 25.4. The molecule has 20 heavy (non-hydrogen) atoms. The summed E-state index contributed by atoms with van der Waals surface area (Å²) in [6.45, 7) is 5.16. The molecule has 0 saturated carbocycles. The first-order chi connectivity index (χ1) is 9.53. The molecular weight excluding hydrogens is 280 g/mol. The SMILES string of the molecule is CCCN(CC(=O)OC)C(=O)c1cc(Cl)cn1CCC. The lowest BCUT2D eigenvalue weighted by molar-refractivity contribution is -0.141. The summed E-state index contributed by atoms with van der Waals surface area (Å²) in [5.41, 5.74) is 0.509. The van der Waals surface area contributed by atoms with Gasteiger partial charge in [0, 0.05) is 19.3 Å². The number of nitrogens with zero attached hydrogens (tertiary/aromatic N) is 2. The number of aromatic nitrogens is 1. The van der Waals surface area contributed by atoms with Crippen molar-refractivity contribution in [2.45, 2.75) is 33.2 Å². The molecule has 1 aromatic rings. The fourth-order valence-electron chi connectivity index (χ4n) is 1.98. The number of hydrogen-bond acceptors (Lipinski definition) is 3. The molecule has 0 bridgehead atoms. The number of rotatable bonds is 7. The topological polar surface area (TPSA) is 51.5 Å². The van der Waals surface area contributed by atoms with Gasteiger partial charge in [-0.15, -0.1) is 0 Å². The van der Waals surface area contributed by atoms with Gasteiger partial charge in [-0.2, -0.15) is 0 Å². The van der Waals surface area contributed by atoms with Crippen LogP contribution in [-0.2, 0) is 16.1 Å². The summed E-state index contributed by atoms with van der Waals surface area (Å²) in [7, 11) is 1.31. The van der Waals surface area contributed by atoms with Gasteiger partial charge in [0.25, 0.3) is 5.91 Å². The zero-order valence-corrected chi connectivity index (χ0v) is 12.9. The molecule has 0 N–H and O–H groups in total. The van der Waals surface area contributed by atoms with Gasteiger partial charge in [0.05, 0.1) is 12.1 Å². The summed E-state index contributed by atoms with van der Waals surface area (Å²) in [5, 5.41) is 0.524. The number of esters is 1. The molecule has 112 valence electrons. The second-order valence-corrected chi connectivity index (χ2v) is 4.98. The van der Waals surface area contributed by atoms with Gasteiger partial charge in [-0.3, -0.25) is 9.59 Å². The fourth-order valence-corrected chi connectivity index (χ4v) is 2.21. The molecule has 1 amide bonds. The number of aryl methyl sites for hydroxylation is 1. The van der Waals surface area contributed by atoms with Crippen molar-refractivity contribution >= 4 is 23.5 Å². The van der Waals surface area contributed by atoms with Gasteiger partial charge in [0.1, 0.15) is 12.2 Å². The minimum atomic E-state index is -0.425. The van der Waals surface area contributed by atoms with Crippen molar-refractivity contribution in [2.24, 2.45) is 0 Å². The summed E-state index contributed by atoms with van der Waals surface area (Å²) in [6, 6.07) is 1.64. The first-order valence-corrected chi connectivity index (χ1v) is 7.13. The minimum Gasteiger partial charge on any atom is -0.468 e. The molecule has 1 heterocycles. The number of ether oxygens (including phenoxy) is 1. The van der Waals surface area contributed by atoms with E-state index < -0.39 is 5.97 Å². The molecule has 0 unspecified atom stereocenters. The van der Waals surface area contributed by atoms with Gasteiger partial charge in [-0.1, -0.05) is 25.4 Å². The maximum atomic E-state index is 12.5. The lowest BCUT2D eigenvalue weighted by Gasteiger charge is -2.21. The van der Waals surface area contributed by atoms with Crippen LogP contribution in [0.15, 0.2) is 12.3 Å². The average molecular weight is 301 g/mol. The number of halogens is 1. The largest absolute Gasteiger partial charge is 0.468 e. The lowest BCUT2D eigenvalue weighted by atomic mass is 10.3. The van der Waals surface area contributed by atoms with Crippen LogP contribution in [0.4, 0.5) is 0 Å². The van der Waals surface area contributed by atoms with Crippen molar-refractivity contribution < 1.29 is 14.3 Å². The molecule has 0 atom stereocenters. The van der Waals surface area contributed by atoms with E-state index in [-0.39, 0.29) is 12.5 Å². The van der Waals surface area contributed by atoms with E-state index in [0.29, 0.717) is 23.8 Å². The second-order valence-electron chi connectivity index (χ2n) is 4.54. The molecule has 0 fully saturated rings. The van der Waals surface area contributed by atoms with Gasteiger partial charge < -0.3 is 14.2 Å².